The molecule has 132 valence electrons. The largest absolute Gasteiger partial charge is 0.465 e. The first kappa shape index (κ1) is 18.4. The van der Waals surface area contributed by atoms with Gasteiger partial charge in [0.05, 0.1) is 18.4 Å². The van der Waals surface area contributed by atoms with Crippen LogP contribution in [0.4, 0.5) is 5.69 Å². The average Bonchev–Trinajstić information content (AvgIpc) is 2.61. The first-order valence-corrected chi connectivity index (χ1v) is 10.6. The molecule has 25 heavy (non-hydrogen) atoms. The van der Waals surface area contributed by atoms with Crippen LogP contribution in [0.1, 0.15) is 22.3 Å². The summed E-state index contributed by atoms with van der Waals surface area (Å²) in [5, 5.41) is 0. The van der Waals surface area contributed by atoms with Crippen LogP contribution < -0.4 is 4.31 Å². The molecule has 0 aliphatic carbocycles. The Balaban J connectivity index is 2.15. The number of halogens is 2. The molecule has 0 saturated carbocycles. The first-order chi connectivity index (χ1) is 11.9. The number of ether oxygens (including phenoxy) is 1. The molecule has 2 aromatic carbocycles. The van der Waals surface area contributed by atoms with Crippen LogP contribution >= 0.6 is 31.9 Å². The number of nitrogens with zero attached hydrogens (tertiary/aromatic N) is 1. The number of hydrogen-bond acceptors (Lipinski definition) is 4. The van der Waals surface area contributed by atoms with Crippen LogP contribution in [0.3, 0.4) is 0 Å². The maximum Gasteiger partial charge on any atom is 0.338 e. The van der Waals surface area contributed by atoms with E-state index in [1.54, 1.807) is 36.4 Å². The normalized spacial score (nSPS) is 14.1. The van der Waals surface area contributed by atoms with Crippen molar-refractivity contribution in [2.45, 2.75) is 17.7 Å². The number of methoxy groups -OCH3 is 1. The third kappa shape index (κ3) is 3.35. The Bertz CT molecular complexity index is 944. The number of carbonyl (C=O) groups is 1. The van der Waals surface area contributed by atoms with Gasteiger partial charge in [-0.1, -0.05) is 22.0 Å². The number of anilines is 1. The van der Waals surface area contributed by atoms with Gasteiger partial charge in [0, 0.05) is 15.5 Å². The van der Waals surface area contributed by atoms with E-state index in [9.17, 15) is 13.2 Å². The fourth-order valence-electron chi connectivity index (χ4n) is 2.94. The highest BCUT2D eigenvalue weighted by Gasteiger charge is 2.32. The Morgan fingerprint density at radius 2 is 1.96 bits per heavy atom. The van der Waals surface area contributed by atoms with Crippen LogP contribution in [-0.2, 0) is 21.2 Å². The van der Waals surface area contributed by atoms with Crippen molar-refractivity contribution >= 4 is 53.5 Å². The van der Waals surface area contributed by atoms with Crippen LogP contribution in [-0.4, -0.2) is 28.0 Å². The van der Waals surface area contributed by atoms with E-state index in [0.717, 1.165) is 0 Å². The summed E-state index contributed by atoms with van der Waals surface area (Å²) in [5.74, 6) is -0.459. The van der Waals surface area contributed by atoms with E-state index >= 15 is 0 Å². The molecule has 1 heterocycles. The van der Waals surface area contributed by atoms with Crippen molar-refractivity contribution in [2.24, 2.45) is 0 Å². The maximum atomic E-state index is 13.2. The van der Waals surface area contributed by atoms with Crippen molar-refractivity contribution < 1.29 is 17.9 Å². The van der Waals surface area contributed by atoms with E-state index < -0.39 is 16.0 Å². The quantitative estimate of drug-likeness (QED) is 0.609. The highest BCUT2D eigenvalue weighted by Crippen LogP contribution is 2.36. The Morgan fingerprint density at radius 3 is 2.68 bits per heavy atom. The monoisotopic (exact) mass is 487 g/mol. The molecular formula is C17H15Br2NO4S. The zero-order valence-corrected chi connectivity index (χ0v) is 17.3. The molecule has 0 amide bonds. The predicted octanol–water partition coefficient (Wildman–Crippen LogP) is 4.14. The number of sulfonamides is 1. The second kappa shape index (κ2) is 7.09. The summed E-state index contributed by atoms with van der Waals surface area (Å²) in [6, 6.07) is 10.1. The molecule has 2 aromatic rings. The molecule has 0 aromatic heterocycles. The minimum absolute atomic E-state index is 0.179. The predicted molar refractivity (Wildman–Crippen MR) is 102 cm³/mol. The van der Waals surface area contributed by atoms with Crippen molar-refractivity contribution in [1.29, 1.82) is 0 Å². The smallest absolute Gasteiger partial charge is 0.338 e. The lowest BCUT2D eigenvalue weighted by Crippen LogP contribution is -2.36. The Morgan fingerprint density at radius 1 is 1.20 bits per heavy atom. The van der Waals surface area contributed by atoms with E-state index in [-0.39, 0.29) is 4.90 Å². The van der Waals surface area contributed by atoms with E-state index in [2.05, 4.69) is 31.9 Å². The zero-order chi connectivity index (χ0) is 18.2. The summed E-state index contributed by atoms with van der Waals surface area (Å²) in [7, 11) is -2.46. The summed E-state index contributed by atoms with van der Waals surface area (Å²) >= 11 is 6.64. The van der Waals surface area contributed by atoms with E-state index in [1.807, 2.05) is 0 Å². The Hall–Kier alpha value is -1.38. The minimum Gasteiger partial charge on any atom is -0.465 e. The second-order valence-corrected chi connectivity index (χ2v) is 9.15. The van der Waals surface area contributed by atoms with Gasteiger partial charge < -0.3 is 4.74 Å². The van der Waals surface area contributed by atoms with Crippen molar-refractivity contribution in [3.63, 3.8) is 0 Å². The average molecular weight is 489 g/mol. The van der Waals surface area contributed by atoms with Crippen LogP contribution in [0.25, 0.3) is 0 Å². The molecule has 0 fully saturated rings. The molecule has 0 radical (unpaired) electrons. The topological polar surface area (TPSA) is 63.7 Å². The molecule has 0 N–H and O–H groups in total. The minimum atomic E-state index is -3.77. The molecule has 1 aliphatic heterocycles. The van der Waals surface area contributed by atoms with Gasteiger partial charge in [0.15, 0.2) is 0 Å². The van der Waals surface area contributed by atoms with Gasteiger partial charge in [-0.25, -0.2) is 13.2 Å². The summed E-state index contributed by atoms with van der Waals surface area (Å²) in [5.41, 5.74) is 1.64. The summed E-state index contributed by atoms with van der Waals surface area (Å²) in [4.78, 5) is 12.2. The Labute approximate surface area is 163 Å². The molecule has 0 spiro atoms. The van der Waals surface area contributed by atoms with Gasteiger partial charge in [-0.2, -0.15) is 0 Å². The van der Waals surface area contributed by atoms with Crippen molar-refractivity contribution in [3.8, 4) is 0 Å². The van der Waals surface area contributed by atoms with Gasteiger partial charge >= 0.3 is 5.97 Å². The standard InChI is InChI=1S/C17H15Br2NO4S/c1-24-17(21)13-4-2-6-15-12(13)5-3-9-20(15)25(22,23)16-10-11(18)7-8-14(16)19/h2,4,6-8,10H,3,5,9H2,1H3. The second-order valence-electron chi connectivity index (χ2n) is 5.55. The van der Waals surface area contributed by atoms with Crippen LogP contribution in [0.2, 0.25) is 0 Å². The van der Waals surface area contributed by atoms with E-state index in [4.69, 9.17) is 4.74 Å². The molecule has 1 aliphatic rings. The highest BCUT2D eigenvalue weighted by molar-refractivity contribution is 9.11. The molecule has 0 saturated heterocycles. The van der Waals surface area contributed by atoms with Gasteiger partial charge in [-0.05, 0) is 64.7 Å². The fourth-order valence-corrected chi connectivity index (χ4v) is 5.94. The van der Waals surface area contributed by atoms with Crippen molar-refractivity contribution in [3.05, 3.63) is 56.5 Å². The first-order valence-electron chi connectivity index (χ1n) is 7.54. The molecule has 5 nitrogen and oxygen atoms in total. The van der Waals surface area contributed by atoms with Crippen LogP contribution in [0.5, 0.6) is 0 Å². The molecular weight excluding hydrogens is 474 g/mol. The van der Waals surface area contributed by atoms with Gasteiger partial charge in [0.25, 0.3) is 10.0 Å². The number of fused-ring (bicyclic) bond motifs is 1. The molecule has 3 rings (SSSR count). The Kier molecular flexibility index (Phi) is 5.22. The third-order valence-electron chi connectivity index (χ3n) is 4.07. The van der Waals surface area contributed by atoms with E-state index in [0.29, 0.717) is 45.1 Å². The lowest BCUT2D eigenvalue weighted by Gasteiger charge is -2.31. The maximum absolute atomic E-state index is 13.2. The SMILES string of the molecule is COC(=O)c1cccc2c1CCCN2S(=O)(=O)c1cc(Br)ccc1Br. The van der Waals surface area contributed by atoms with Crippen molar-refractivity contribution in [1.82, 2.24) is 0 Å². The zero-order valence-electron chi connectivity index (χ0n) is 13.3. The lowest BCUT2D eigenvalue weighted by atomic mass is 9.98. The molecule has 8 heteroatoms. The van der Waals surface area contributed by atoms with E-state index in [1.165, 1.54) is 11.4 Å². The number of rotatable bonds is 3. The van der Waals surface area contributed by atoms with Gasteiger partial charge in [-0.15, -0.1) is 0 Å². The van der Waals surface area contributed by atoms with Gasteiger partial charge in [0.1, 0.15) is 4.90 Å². The van der Waals surface area contributed by atoms with Gasteiger partial charge in [-0.3, -0.25) is 4.31 Å². The van der Waals surface area contributed by atoms with Gasteiger partial charge in [0.2, 0.25) is 0 Å². The number of carbonyl (C=O) groups excluding carboxylic acids is 1. The third-order valence-corrected chi connectivity index (χ3v) is 7.37. The molecule has 0 unspecified atom stereocenters. The summed E-state index contributed by atoms with van der Waals surface area (Å²) < 4.78 is 33.8. The number of benzene rings is 2. The number of esters is 1. The molecule has 0 atom stereocenters. The van der Waals surface area contributed by atoms with Crippen molar-refractivity contribution in [2.75, 3.05) is 18.0 Å². The van der Waals surface area contributed by atoms with Crippen LogP contribution in [0.15, 0.2) is 50.2 Å². The fraction of sp³-hybridized carbons (Fsp3) is 0.235. The van der Waals surface area contributed by atoms with Crippen LogP contribution in [0, 0.1) is 0 Å². The lowest BCUT2D eigenvalue weighted by molar-refractivity contribution is 0.0599. The number of hydrogen-bond donors (Lipinski definition) is 0. The summed E-state index contributed by atoms with van der Waals surface area (Å²) in [6.45, 7) is 0.360. The molecule has 0 bridgehead atoms. The highest BCUT2D eigenvalue weighted by atomic mass is 79.9. The summed E-state index contributed by atoms with van der Waals surface area (Å²) in [6.07, 6.45) is 1.26.